The van der Waals surface area contributed by atoms with E-state index in [1.54, 1.807) is 13.0 Å². The topological polar surface area (TPSA) is 117 Å². The number of hydrogen-bond acceptors (Lipinski definition) is 5. The Bertz CT molecular complexity index is 670. The van der Waals surface area contributed by atoms with E-state index in [1.165, 1.54) is 18.2 Å². The predicted octanol–water partition coefficient (Wildman–Crippen LogP) is 2.34. The summed E-state index contributed by atoms with van der Waals surface area (Å²) < 4.78 is 0. The lowest BCUT2D eigenvalue weighted by molar-refractivity contribution is -0.384. The van der Waals surface area contributed by atoms with Crippen LogP contribution in [0.2, 0.25) is 0 Å². The number of para-hydroxylation sites is 1. The van der Waals surface area contributed by atoms with Crippen LogP contribution in [0, 0.1) is 17.0 Å². The van der Waals surface area contributed by atoms with Gasteiger partial charge < -0.3 is 5.10 Å². The molecular weight excluding hydrogens is 238 g/mol. The van der Waals surface area contributed by atoms with Crippen molar-refractivity contribution in [2.45, 2.75) is 6.92 Å². The molecule has 8 heteroatoms. The highest BCUT2D eigenvalue weighted by Gasteiger charge is 2.12. The van der Waals surface area contributed by atoms with Crippen LogP contribution in [-0.2, 0) is 0 Å². The zero-order chi connectivity index (χ0) is 13.1. The van der Waals surface area contributed by atoms with Gasteiger partial charge in [-0.1, -0.05) is 12.1 Å². The molecule has 0 aliphatic carbocycles. The van der Waals surface area contributed by atoms with Crippen molar-refractivity contribution < 1.29 is 4.92 Å². The van der Waals surface area contributed by atoms with Crippen molar-refractivity contribution in [1.29, 1.82) is 0 Å². The highest BCUT2D eigenvalue weighted by Crippen LogP contribution is 2.27. The minimum Gasteiger partial charge on any atom is -0.300 e. The molecule has 92 valence electrons. The lowest BCUT2D eigenvalue weighted by atomic mass is 10.3. The van der Waals surface area contributed by atoms with Gasteiger partial charge in [-0.05, 0) is 13.0 Å². The molecule has 2 aromatic rings. The Morgan fingerprint density at radius 3 is 2.56 bits per heavy atom. The molecule has 0 aliphatic rings. The zero-order valence-electron chi connectivity index (χ0n) is 9.38. The molecule has 0 amide bonds. The number of nitro groups is 1. The Kier molecular flexibility index (Phi) is 3.00. The Balaban J connectivity index is 2.41. The normalized spacial score (nSPS) is 10.9. The van der Waals surface area contributed by atoms with Crippen LogP contribution in [0.25, 0.3) is 0 Å². The van der Waals surface area contributed by atoms with Gasteiger partial charge in [-0.2, -0.15) is 0 Å². The minimum atomic E-state index is -0.553. The number of nitro benzene ring substituents is 1. The van der Waals surface area contributed by atoms with Crippen molar-refractivity contribution in [3.8, 4) is 0 Å². The first-order valence-electron chi connectivity index (χ1n) is 5.02. The summed E-state index contributed by atoms with van der Waals surface area (Å²) in [6.45, 7) is 1.64. The number of aromatic nitrogens is 2. The first-order valence-corrected chi connectivity index (χ1v) is 5.02. The van der Waals surface area contributed by atoms with E-state index in [1.807, 2.05) is 0 Å². The third-order valence-corrected chi connectivity index (χ3v) is 2.27. The maximum Gasteiger partial charge on any atom is 0.296 e. The van der Waals surface area contributed by atoms with Crippen LogP contribution in [0.15, 0.2) is 39.3 Å². The largest absolute Gasteiger partial charge is 0.300 e. The van der Waals surface area contributed by atoms with Gasteiger partial charge in [-0.15, -0.1) is 10.2 Å². The summed E-state index contributed by atoms with van der Waals surface area (Å²) in [4.78, 5) is 21.5. The molecule has 1 aromatic heterocycles. The quantitative estimate of drug-likeness (QED) is 0.492. The molecule has 0 bridgehead atoms. The van der Waals surface area contributed by atoms with Gasteiger partial charge in [0.15, 0.2) is 11.4 Å². The number of nitrogens with one attached hydrogen (secondary N) is 2. The average Bonchev–Trinajstić information content (AvgIpc) is 2.67. The smallest absolute Gasteiger partial charge is 0.296 e. The summed E-state index contributed by atoms with van der Waals surface area (Å²) in [6.07, 6.45) is 0. The third kappa shape index (κ3) is 2.17. The second kappa shape index (κ2) is 4.62. The second-order valence-corrected chi connectivity index (χ2v) is 3.50. The van der Waals surface area contributed by atoms with E-state index in [0.29, 0.717) is 5.69 Å². The molecule has 0 fully saturated rings. The van der Waals surface area contributed by atoms with Gasteiger partial charge in [-0.25, -0.2) is 0 Å². The van der Waals surface area contributed by atoms with Gasteiger partial charge in [0.25, 0.3) is 11.2 Å². The van der Waals surface area contributed by atoms with E-state index in [2.05, 4.69) is 20.4 Å². The summed E-state index contributed by atoms with van der Waals surface area (Å²) in [5, 5.41) is 23.1. The van der Waals surface area contributed by atoms with E-state index < -0.39 is 10.5 Å². The van der Waals surface area contributed by atoms with Crippen LogP contribution < -0.4 is 5.56 Å². The maximum absolute atomic E-state index is 11.3. The molecule has 18 heavy (non-hydrogen) atoms. The van der Waals surface area contributed by atoms with Gasteiger partial charge in [0.05, 0.1) is 10.6 Å². The first kappa shape index (κ1) is 11.7. The van der Waals surface area contributed by atoms with Crippen LogP contribution in [0.5, 0.6) is 0 Å². The molecule has 0 radical (unpaired) electrons. The van der Waals surface area contributed by atoms with Gasteiger partial charge in [0.2, 0.25) is 0 Å². The number of azo groups is 1. The molecule has 0 atom stereocenters. The van der Waals surface area contributed by atoms with E-state index in [0.717, 1.165) is 0 Å². The zero-order valence-corrected chi connectivity index (χ0v) is 9.38. The Hall–Kier alpha value is -2.77. The van der Waals surface area contributed by atoms with Gasteiger partial charge in [-0.3, -0.25) is 20.0 Å². The van der Waals surface area contributed by atoms with Crippen LogP contribution in [0.4, 0.5) is 17.1 Å². The Labute approximate surface area is 101 Å². The Morgan fingerprint density at radius 1 is 1.22 bits per heavy atom. The van der Waals surface area contributed by atoms with Crippen LogP contribution in [0.1, 0.15) is 5.69 Å². The number of hydrogen-bond donors (Lipinski definition) is 2. The van der Waals surface area contributed by atoms with E-state index in [-0.39, 0.29) is 17.1 Å². The predicted molar refractivity (Wildman–Crippen MR) is 63.4 cm³/mol. The molecule has 0 unspecified atom stereocenters. The molecule has 8 nitrogen and oxygen atoms in total. The van der Waals surface area contributed by atoms with Gasteiger partial charge in [0, 0.05) is 6.07 Å². The Morgan fingerprint density at radius 2 is 1.94 bits per heavy atom. The van der Waals surface area contributed by atoms with Crippen molar-refractivity contribution in [1.82, 2.24) is 10.2 Å². The van der Waals surface area contributed by atoms with Crippen molar-refractivity contribution in [3.05, 3.63) is 50.4 Å². The molecule has 2 N–H and O–H groups in total. The lowest BCUT2D eigenvalue weighted by Gasteiger charge is -1.94. The number of rotatable bonds is 3. The van der Waals surface area contributed by atoms with Crippen LogP contribution >= 0.6 is 0 Å². The van der Waals surface area contributed by atoms with Gasteiger partial charge >= 0.3 is 0 Å². The fourth-order valence-corrected chi connectivity index (χ4v) is 1.37. The highest BCUT2D eigenvalue weighted by atomic mass is 16.6. The molecule has 1 heterocycles. The van der Waals surface area contributed by atoms with Crippen LogP contribution in [0.3, 0.4) is 0 Å². The van der Waals surface area contributed by atoms with Crippen molar-refractivity contribution in [2.75, 3.05) is 0 Å². The number of benzene rings is 1. The summed E-state index contributed by atoms with van der Waals surface area (Å²) >= 11 is 0. The molecule has 2 rings (SSSR count). The summed E-state index contributed by atoms with van der Waals surface area (Å²) in [7, 11) is 0. The molecule has 0 saturated carbocycles. The molecule has 0 saturated heterocycles. The molecule has 0 spiro atoms. The second-order valence-electron chi connectivity index (χ2n) is 3.50. The molecular formula is C10H9N5O3. The lowest BCUT2D eigenvalue weighted by Crippen LogP contribution is -1.96. The van der Waals surface area contributed by atoms with Crippen molar-refractivity contribution >= 4 is 17.1 Å². The van der Waals surface area contributed by atoms with Crippen molar-refractivity contribution in [3.63, 3.8) is 0 Å². The van der Waals surface area contributed by atoms with E-state index >= 15 is 0 Å². The monoisotopic (exact) mass is 247 g/mol. The van der Waals surface area contributed by atoms with E-state index in [4.69, 9.17) is 0 Å². The number of nitrogens with zero attached hydrogens (tertiary/aromatic N) is 3. The van der Waals surface area contributed by atoms with Gasteiger partial charge in [0.1, 0.15) is 0 Å². The summed E-state index contributed by atoms with van der Waals surface area (Å²) in [5.41, 5.74) is 0.138. The fourth-order valence-electron chi connectivity index (χ4n) is 1.37. The fraction of sp³-hybridized carbons (Fsp3) is 0.100. The number of H-pyrrole nitrogens is 2. The SMILES string of the molecule is Cc1[nH][nH]c(=O)c1/N=N/c1ccccc1[N+](=O)[O-]. The van der Waals surface area contributed by atoms with Crippen molar-refractivity contribution in [2.24, 2.45) is 10.2 Å². The molecule has 0 aliphatic heterocycles. The highest BCUT2D eigenvalue weighted by molar-refractivity contribution is 5.56. The number of aryl methyl sites for hydroxylation is 1. The first-order chi connectivity index (χ1) is 8.59. The molecule has 1 aromatic carbocycles. The number of aromatic amines is 2. The summed E-state index contributed by atoms with van der Waals surface area (Å²) in [5.74, 6) is 0. The standard InChI is InChI=1S/C10H9N5O3/c1-6-9(10(16)14-11-6)13-12-7-4-2-3-5-8(7)15(17)18/h2-5H,1H3,(H2,11,14,16)/b13-12+. The average molecular weight is 247 g/mol. The maximum atomic E-state index is 11.3. The third-order valence-electron chi connectivity index (χ3n) is 2.27. The van der Waals surface area contributed by atoms with Crippen LogP contribution in [-0.4, -0.2) is 15.1 Å². The minimum absolute atomic E-state index is 0.0995. The van der Waals surface area contributed by atoms with E-state index in [9.17, 15) is 14.9 Å². The summed E-state index contributed by atoms with van der Waals surface area (Å²) in [6, 6.07) is 5.92.